The normalized spacial score (nSPS) is 19.5. The minimum atomic E-state index is -0.731. The highest BCUT2D eigenvalue weighted by molar-refractivity contribution is 5.84. The lowest BCUT2D eigenvalue weighted by Crippen LogP contribution is -2.44. The fraction of sp³-hybridized carbons (Fsp3) is 0.429. The van der Waals surface area contributed by atoms with E-state index in [1.54, 1.807) is 19.1 Å². The zero-order chi connectivity index (χ0) is 19.4. The van der Waals surface area contributed by atoms with Crippen molar-refractivity contribution in [2.45, 2.75) is 38.3 Å². The molecule has 3 rings (SSSR count). The van der Waals surface area contributed by atoms with Gasteiger partial charge in [-0.25, -0.2) is 4.79 Å². The van der Waals surface area contributed by atoms with E-state index in [0.29, 0.717) is 32.2 Å². The van der Waals surface area contributed by atoms with Crippen molar-refractivity contribution in [3.63, 3.8) is 0 Å². The van der Waals surface area contributed by atoms with Crippen molar-refractivity contribution in [1.82, 2.24) is 10.2 Å². The van der Waals surface area contributed by atoms with Crippen LogP contribution >= 0.6 is 0 Å². The summed E-state index contributed by atoms with van der Waals surface area (Å²) in [6.45, 7) is 0.512. The number of urea groups is 1. The van der Waals surface area contributed by atoms with E-state index in [4.69, 9.17) is 9.84 Å². The highest BCUT2D eigenvalue weighted by Crippen LogP contribution is 2.25. The van der Waals surface area contributed by atoms with Gasteiger partial charge in [-0.05, 0) is 60.2 Å². The van der Waals surface area contributed by atoms with E-state index >= 15 is 0 Å². The predicted octanol–water partition coefficient (Wildman–Crippen LogP) is 3.63. The van der Waals surface area contributed by atoms with Gasteiger partial charge in [-0.1, -0.05) is 18.2 Å². The molecule has 1 fully saturated rings. The molecule has 27 heavy (non-hydrogen) atoms. The summed E-state index contributed by atoms with van der Waals surface area (Å²) in [7, 11) is 3.42. The summed E-state index contributed by atoms with van der Waals surface area (Å²) in [4.78, 5) is 25.1. The van der Waals surface area contributed by atoms with Crippen LogP contribution in [0.15, 0.2) is 36.4 Å². The number of carbonyl (C=O) groups excluding carboxylic acids is 1. The van der Waals surface area contributed by atoms with Gasteiger partial charge in [0.15, 0.2) is 0 Å². The first-order valence-electron chi connectivity index (χ1n) is 9.27. The van der Waals surface area contributed by atoms with Crippen molar-refractivity contribution in [1.29, 1.82) is 0 Å². The predicted molar refractivity (Wildman–Crippen MR) is 104 cm³/mol. The first-order valence-corrected chi connectivity index (χ1v) is 9.27. The number of nitrogens with one attached hydrogen (secondary N) is 1. The highest BCUT2D eigenvalue weighted by atomic mass is 16.5. The quantitative estimate of drug-likeness (QED) is 0.842. The number of benzene rings is 2. The smallest absolute Gasteiger partial charge is 0.317 e. The number of ether oxygens (including phenoxy) is 1. The molecular formula is C21H26N2O4. The third kappa shape index (κ3) is 4.70. The summed E-state index contributed by atoms with van der Waals surface area (Å²) >= 11 is 0. The molecule has 2 N–H and O–H groups in total. The SMILES string of the molecule is COc1ccc2cc(CN(C)C(=O)NC3CCC(C(=O)O)CC3)ccc2c1. The Morgan fingerprint density at radius 3 is 2.44 bits per heavy atom. The van der Waals surface area contributed by atoms with E-state index in [1.807, 2.05) is 30.3 Å². The van der Waals surface area contributed by atoms with Gasteiger partial charge in [0.25, 0.3) is 0 Å². The van der Waals surface area contributed by atoms with Gasteiger partial charge in [0.05, 0.1) is 13.0 Å². The Morgan fingerprint density at radius 2 is 1.78 bits per heavy atom. The van der Waals surface area contributed by atoms with E-state index in [0.717, 1.165) is 22.1 Å². The lowest BCUT2D eigenvalue weighted by molar-refractivity contribution is -0.142. The number of methoxy groups -OCH3 is 1. The summed E-state index contributed by atoms with van der Waals surface area (Å²) in [6, 6.07) is 12.0. The summed E-state index contributed by atoms with van der Waals surface area (Å²) in [6.07, 6.45) is 2.68. The fourth-order valence-corrected chi connectivity index (χ4v) is 3.61. The molecule has 0 aromatic heterocycles. The minimum absolute atomic E-state index is 0.0552. The largest absolute Gasteiger partial charge is 0.497 e. The molecular weight excluding hydrogens is 344 g/mol. The van der Waals surface area contributed by atoms with Gasteiger partial charge in [0, 0.05) is 19.6 Å². The van der Waals surface area contributed by atoms with Crippen LogP contribution in [0.25, 0.3) is 10.8 Å². The summed E-state index contributed by atoms with van der Waals surface area (Å²) < 4.78 is 5.25. The maximum Gasteiger partial charge on any atom is 0.317 e. The average Bonchev–Trinajstić information content (AvgIpc) is 2.67. The van der Waals surface area contributed by atoms with Crippen LogP contribution in [0.5, 0.6) is 5.75 Å². The molecule has 1 saturated carbocycles. The Kier molecular flexibility index (Phi) is 5.84. The number of carboxylic acids is 1. The third-order valence-electron chi connectivity index (χ3n) is 5.28. The van der Waals surface area contributed by atoms with Crippen LogP contribution in [0.3, 0.4) is 0 Å². The van der Waals surface area contributed by atoms with Gasteiger partial charge >= 0.3 is 12.0 Å². The summed E-state index contributed by atoms with van der Waals surface area (Å²) in [5, 5.41) is 14.3. The first kappa shape index (κ1) is 19.0. The molecule has 2 aromatic rings. The molecule has 2 aromatic carbocycles. The number of carbonyl (C=O) groups is 2. The zero-order valence-corrected chi connectivity index (χ0v) is 15.8. The maximum atomic E-state index is 12.5. The van der Waals surface area contributed by atoms with Crippen LogP contribution < -0.4 is 10.1 Å². The number of nitrogens with zero attached hydrogens (tertiary/aromatic N) is 1. The summed E-state index contributed by atoms with van der Waals surface area (Å²) in [5.74, 6) is -0.178. The van der Waals surface area contributed by atoms with Gasteiger partial charge in [0.1, 0.15) is 5.75 Å². The Labute approximate surface area is 159 Å². The van der Waals surface area contributed by atoms with Gasteiger partial charge < -0.3 is 20.1 Å². The van der Waals surface area contributed by atoms with Crippen LogP contribution in [0.4, 0.5) is 4.79 Å². The van der Waals surface area contributed by atoms with Gasteiger partial charge in [0.2, 0.25) is 0 Å². The number of fused-ring (bicyclic) bond motifs is 1. The van der Waals surface area contributed by atoms with Crippen LogP contribution in [0.1, 0.15) is 31.2 Å². The van der Waals surface area contributed by atoms with E-state index in [9.17, 15) is 9.59 Å². The molecule has 6 nitrogen and oxygen atoms in total. The molecule has 1 aliphatic rings. The zero-order valence-electron chi connectivity index (χ0n) is 15.8. The van der Waals surface area contributed by atoms with E-state index in [-0.39, 0.29) is 18.0 Å². The molecule has 6 heteroatoms. The number of hydrogen-bond acceptors (Lipinski definition) is 3. The molecule has 0 heterocycles. The van der Waals surface area contributed by atoms with Crippen LogP contribution in [-0.4, -0.2) is 42.2 Å². The van der Waals surface area contributed by atoms with Crippen LogP contribution in [0.2, 0.25) is 0 Å². The van der Waals surface area contributed by atoms with Crippen molar-refractivity contribution in [2.24, 2.45) is 5.92 Å². The molecule has 0 atom stereocenters. The molecule has 0 saturated heterocycles. The van der Waals surface area contributed by atoms with Crippen molar-refractivity contribution >= 4 is 22.8 Å². The average molecular weight is 370 g/mol. The molecule has 144 valence electrons. The second-order valence-electron chi connectivity index (χ2n) is 7.24. The van der Waals surface area contributed by atoms with E-state index in [1.165, 1.54) is 0 Å². The van der Waals surface area contributed by atoms with Gasteiger partial charge in [-0.15, -0.1) is 0 Å². The number of amides is 2. The number of hydrogen-bond donors (Lipinski definition) is 2. The number of aliphatic carboxylic acids is 1. The van der Waals surface area contributed by atoms with Crippen molar-refractivity contribution in [2.75, 3.05) is 14.2 Å². The Hall–Kier alpha value is -2.76. The van der Waals surface area contributed by atoms with Crippen LogP contribution in [-0.2, 0) is 11.3 Å². The Morgan fingerprint density at radius 1 is 1.11 bits per heavy atom. The number of rotatable bonds is 5. The fourth-order valence-electron chi connectivity index (χ4n) is 3.61. The van der Waals surface area contributed by atoms with Crippen molar-refractivity contribution in [3.05, 3.63) is 42.0 Å². The highest BCUT2D eigenvalue weighted by Gasteiger charge is 2.27. The van der Waals surface area contributed by atoms with Crippen molar-refractivity contribution < 1.29 is 19.4 Å². The first-order chi connectivity index (χ1) is 13.0. The molecule has 0 unspecified atom stereocenters. The minimum Gasteiger partial charge on any atom is -0.497 e. The van der Waals surface area contributed by atoms with Crippen LogP contribution in [0, 0.1) is 5.92 Å². The Bertz CT molecular complexity index is 828. The van der Waals surface area contributed by atoms with E-state index in [2.05, 4.69) is 11.4 Å². The molecule has 0 bridgehead atoms. The van der Waals surface area contributed by atoms with E-state index < -0.39 is 5.97 Å². The maximum absolute atomic E-state index is 12.5. The Balaban J connectivity index is 1.56. The summed E-state index contributed by atoms with van der Waals surface area (Å²) in [5.41, 5.74) is 1.06. The topological polar surface area (TPSA) is 78.9 Å². The lowest BCUT2D eigenvalue weighted by Gasteiger charge is -2.29. The second-order valence-corrected chi connectivity index (χ2v) is 7.24. The molecule has 0 aliphatic heterocycles. The van der Waals surface area contributed by atoms with Gasteiger partial charge in [-0.3, -0.25) is 4.79 Å². The van der Waals surface area contributed by atoms with Gasteiger partial charge in [-0.2, -0.15) is 0 Å². The molecule has 1 aliphatic carbocycles. The lowest BCUT2D eigenvalue weighted by atomic mass is 9.86. The molecule has 0 spiro atoms. The third-order valence-corrected chi connectivity index (χ3v) is 5.28. The number of carboxylic acid groups (broad SMARTS) is 1. The second kappa shape index (κ2) is 8.29. The monoisotopic (exact) mass is 370 g/mol. The molecule has 0 radical (unpaired) electrons. The molecule has 2 amide bonds. The standard InChI is InChI=1S/C21H26N2O4/c1-23(21(26)22-18-8-5-15(6-9-18)20(24)25)13-14-3-4-17-12-19(27-2)10-7-16(17)11-14/h3-4,7,10-12,15,18H,5-6,8-9,13H2,1-2H3,(H,22,26)(H,24,25). The van der Waals surface area contributed by atoms with Crippen molar-refractivity contribution in [3.8, 4) is 5.75 Å².